The molecule has 2 N–H and O–H groups in total. The molecule has 1 heterocycles. The van der Waals surface area contributed by atoms with E-state index in [1.165, 1.54) is 7.05 Å². The summed E-state index contributed by atoms with van der Waals surface area (Å²) in [7, 11) is 1.43. The first-order valence-electron chi connectivity index (χ1n) is 8.12. The first-order valence-corrected chi connectivity index (χ1v) is 9.38. The van der Waals surface area contributed by atoms with Gasteiger partial charge in [-0.15, -0.1) is 0 Å². The number of imide groups is 1. The highest BCUT2D eigenvalue weighted by atomic mass is 35.5. The summed E-state index contributed by atoms with van der Waals surface area (Å²) in [4.78, 5) is 40.9. The normalized spacial score (nSPS) is 12.2. The summed E-state index contributed by atoms with van der Waals surface area (Å²) in [5.74, 6) is -0.253. The molecule has 0 spiro atoms. The number of benzene rings is 1. The predicted molar refractivity (Wildman–Crippen MR) is 104 cm³/mol. The summed E-state index contributed by atoms with van der Waals surface area (Å²) < 4.78 is 1.55. The molecule has 0 saturated carbocycles. The van der Waals surface area contributed by atoms with Crippen LogP contribution in [0.15, 0.2) is 28.2 Å². The Bertz CT molecular complexity index is 897. The average molecular weight is 397 g/mol. The van der Waals surface area contributed by atoms with Gasteiger partial charge >= 0.3 is 6.03 Å². The molecule has 0 aliphatic heterocycles. The SMILES string of the molecule is CNC(=O)NC(=O)[C@@H](C)Sc1nc2ccc(Cl)cc2c(=O)n1CC(C)C. The van der Waals surface area contributed by atoms with E-state index in [9.17, 15) is 14.4 Å². The van der Waals surface area contributed by atoms with Crippen LogP contribution in [0, 0.1) is 5.92 Å². The minimum absolute atomic E-state index is 0.201. The number of fused-ring (bicyclic) bond motifs is 1. The maximum absolute atomic E-state index is 12.9. The number of urea groups is 1. The van der Waals surface area contributed by atoms with E-state index >= 15 is 0 Å². The van der Waals surface area contributed by atoms with Crippen molar-refractivity contribution < 1.29 is 9.59 Å². The number of amides is 3. The molecule has 26 heavy (non-hydrogen) atoms. The third kappa shape index (κ3) is 4.76. The highest BCUT2D eigenvalue weighted by Gasteiger charge is 2.21. The fourth-order valence-electron chi connectivity index (χ4n) is 2.28. The minimum Gasteiger partial charge on any atom is -0.341 e. The summed E-state index contributed by atoms with van der Waals surface area (Å²) in [5.41, 5.74) is 0.313. The van der Waals surface area contributed by atoms with Crippen molar-refractivity contribution in [3.8, 4) is 0 Å². The van der Waals surface area contributed by atoms with E-state index in [0.29, 0.717) is 27.6 Å². The van der Waals surface area contributed by atoms with E-state index < -0.39 is 17.2 Å². The summed E-state index contributed by atoms with van der Waals surface area (Å²) >= 11 is 7.14. The van der Waals surface area contributed by atoms with E-state index in [0.717, 1.165) is 11.8 Å². The van der Waals surface area contributed by atoms with Crippen LogP contribution in [0.1, 0.15) is 20.8 Å². The third-order valence-electron chi connectivity index (χ3n) is 3.54. The van der Waals surface area contributed by atoms with Crippen LogP contribution in [-0.4, -0.2) is 33.8 Å². The number of aromatic nitrogens is 2. The molecular weight excluding hydrogens is 376 g/mol. The van der Waals surface area contributed by atoms with Crippen LogP contribution in [0.5, 0.6) is 0 Å². The lowest BCUT2D eigenvalue weighted by atomic mass is 10.2. The lowest BCUT2D eigenvalue weighted by Gasteiger charge is -2.17. The summed E-state index contributed by atoms with van der Waals surface area (Å²) in [6.45, 7) is 6.09. The van der Waals surface area contributed by atoms with Crippen LogP contribution >= 0.6 is 23.4 Å². The first kappa shape index (κ1) is 20.3. The standard InChI is InChI=1S/C17H21ClN4O3S/c1-9(2)8-22-15(24)12-7-11(18)5-6-13(12)20-17(22)26-10(3)14(23)21-16(25)19-4/h5-7,9-10H,8H2,1-4H3,(H2,19,21,23,25)/t10-/m1/s1. The zero-order valence-corrected chi connectivity index (χ0v) is 16.6. The number of nitrogens with zero attached hydrogens (tertiary/aromatic N) is 2. The summed E-state index contributed by atoms with van der Waals surface area (Å²) in [5, 5.41) is 5.27. The zero-order chi connectivity index (χ0) is 19.4. The molecule has 1 atom stereocenters. The second-order valence-corrected chi connectivity index (χ2v) is 7.94. The molecule has 0 radical (unpaired) electrons. The molecule has 0 saturated heterocycles. The summed E-state index contributed by atoms with van der Waals surface area (Å²) in [6.07, 6.45) is 0. The van der Waals surface area contributed by atoms with E-state index in [1.54, 1.807) is 29.7 Å². The van der Waals surface area contributed by atoms with Gasteiger partial charge in [-0.25, -0.2) is 9.78 Å². The van der Waals surface area contributed by atoms with E-state index in [1.807, 2.05) is 13.8 Å². The molecule has 9 heteroatoms. The Morgan fingerprint density at radius 2 is 2.00 bits per heavy atom. The van der Waals surface area contributed by atoms with Gasteiger partial charge in [0, 0.05) is 18.6 Å². The number of hydrogen-bond acceptors (Lipinski definition) is 5. The van der Waals surface area contributed by atoms with Crippen molar-refractivity contribution in [2.24, 2.45) is 5.92 Å². The predicted octanol–water partition coefficient (Wildman–Crippen LogP) is 2.64. The smallest absolute Gasteiger partial charge is 0.321 e. The molecular formula is C17H21ClN4O3S. The lowest BCUT2D eigenvalue weighted by molar-refractivity contribution is -0.119. The van der Waals surface area contributed by atoms with Gasteiger partial charge in [0.05, 0.1) is 16.2 Å². The van der Waals surface area contributed by atoms with Gasteiger partial charge in [-0.1, -0.05) is 37.2 Å². The summed E-state index contributed by atoms with van der Waals surface area (Å²) in [6, 6.07) is 4.36. The van der Waals surface area contributed by atoms with Crippen LogP contribution in [0.4, 0.5) is 4.79 Å². The average Bonchev–Trinajstić information content (AvgIpc) is 2.58. The molecule has 1 aromatic carbocycles. The molecule has 7 nitrogen and oxygen atoms in total. The van der Waals surface area contributed by atoms with Gasteiger partial charge < -0.3 is 5.32 Å². The second-order valence-electron chi connectivity index (χ2n) is 6.19. The lowest BCUT2D eigenvalue weighted by Crippen LogP contribution is -2.41. The van der Waals surface area contributed by atoms with Crippen molar-refractivity contribution in [2.75, 3.05) is 7.05 Å². The van der Waals surface area contributed by atoms with Crippen LogP contribution in [-0.2, 0) is 11.3 Å². The molecule has 2 aromatic rings. The number of halogens is 1. The number of rotatable bonds is 5. The number of thioether (sulfide) groups is 1. The first-order chi connectivity index (χ1) is 12.2. The van der Waals surface area contributed by atoms with Crippen molar-refractivity contribution in [1.82, 2.24) is 20.2 Å². The van der Waals surface area contributed by atoms with Gasteiger partial charge in [0.2, 0.25) is 5.91 Å². The number of carbonyl (C=O) groups is 2. The molecule has 0 unspecified atom stereocenters. The molecule has 2 rings (SSSR count). The Morgan fingerprint density at radius 1 is 1.31 bits per heavy atom. The van der Waals surface area contributed by atoms with Crippen molar-refractivity contribution >= 4 is 46.2 Å². The van der Waals surface area contributed by atoms with Gasteiger partial charge in [0.25, 0.3) is 5.56 Å². The fourth-order valence-corrected chi connectivity index (χ4v) is 3.37. The molecule has 0 fully saturated rings. The fraction of sp³-hybridized carbons (Fsp3) is 0.412. The van der Waals surface area contributed by atoms with E-state index in [4.69, 9.17) is 11.6 Å². The second kappa shape index (κ2) is 8.55. The molecule has 140 valence electrons. The highest BCUT2D eigenvalue weighted by Crippen LogP contribution is 2.24. The topological polar surface area (TPSA) is 93.1 Å². The van der Waals surface area contributed by atoms with E-state index in [-0.39, 0.29) is 11.5 Å². The quantitative estimate of drug-likeness (QED) is 0.598. The minimum atomic E-state index is -0.609. The Hall–Kier alpha value is -2.06. The van der Waals surface area contributed by atoms with Crippen molar-refractivity contribution in [1.29, 1.82) is 0 Å². The van der Waals surface area contributed by atoms with Gasteiger partial charge in [0.15, 0.2) is 5.16 Å². The zero-order valence-electron chi connectivity index (χ0n) is 15.0. The monoisotopic (exact) mass is 396 g/mol. The number of nitrogens with one attached hydrogen (secondary N) is 2. The van der Waals surface area contributed by atoms with Gasteiger partial charge in [-0.2, -0.15) is 0 Å². The van der Waals surface area contributed by atoms with Crippen molar-refractivity contribution in [2.45, 2.75) is 37.7 Å². The molecule has 0 aliphatic rings. The Labute approximate surface area is 160 Å². The maximum atomic E-state index is 12.9. The molecule has 3 amide bonds. The highest BCUT2D eigenvalue weighted by molar-refractivity contribution is 8.00. The van der Waals surface area contributed by atoms with Gasteiger partial charge in [-0.3, -0.25) is 19.5 Å². The molecule has 0 bridgehead atoms. The van der Waals surface area contributed by atoms with Gasteiger partial charge in [-0.05, 0) is 31.0 Å². The Balaban J connectivity index is 2.44. The number of carbonyl (C=O) groups excluding carboxylic acids is 2. The van der Waals surface area contributed by atoms with Crippen LogP contribution in [0.3, 0.4) is 0 Å². The van der Waals surface area contributed by atoms with Crippen molar-refractivity contribution in [3.63, 3.8) is 0 Å². The van der Waals surface area contributed by atoms with E-state index in [2.05, 4.69) is 15.6 Å². The van der Waals surface area contributed by atoms with Crippen LogP contribution in [0.25, 0.3) is 10.9 Å². The van der Waals surface area contributed by atoms with Gasteiger partial charge in [0.1, 0.15) is 0 Å². The van der Waals surface area contributed by atoms with Crippen LogP contribution < -0.4 is 16.2 Å². The Morgan fingerprint density at radius 3 is 2.62 bits per heavy atom. The maximum Gasteiger partial charge on any atom is 0.321 e. The largest absolute Gasteiger partial charge is 0.341 e. The van der Waals surface area contributed by atoms with Crippen LogP contribution in [0.2, 0.25) is 5.02 Å². The molecule has 1 aromatic heterocycles. The Kier molecular flexibility index (Phi) is 6.66. The number of hydrogen-bond donors (Lipinski definition) is 2. The molecule has 0 aliphatic carbocycles. The van der Waals surface area contributed by atoms with Crippen molar-refractivity contribution in [3.05, 3.63) is 33.6 Å². The third-order valence-corrected chi connectivity index (χ3v) is 4.87.